The molecule has 0 unspecified atom stereocenters. The van der Waals surface area contributed by atoms with Crippen molar-refractivity contribution in [3.8, 4) is 0 Å². The van der Waals surface area contributed by atoms with E-state index in [4.69, 9.17) is 1.37 Å². The van der Waals surface area contributed by atoms with Crippen LogP contribution in [0.2, 0.25) is 0 Å². The summed E-state index contributed by atoms with van der Waals surface area (Å²) in [6.45, 7) is 0. The maximum Gasteiger partial charge on any atom is 0.100 e. The average Bonchev–Trinajstić information content (AvgIpc) is 1.76. The zero-order valence-corrected chi connectivity index (χ0v) is 2.29. The highest BCUT2D eigenvalue weighted by Crippen LogP contribution is 2.22. The van der Waals surface area contributed by atoms with Gasteiger partial charge in [0.05, 0.1) is 1.37 Å². The lowest BCUT2D eigenvalue weighted by Crippen LogP contribution is -1.49. The van der Waals surface area contributed by atoms with Crippen LogP contribution in [0.25, 0.3) is 0 Å². The van der Waals surface area contributed by atoms with E-state index in [1.54, 1.807) is 0 Å². The Morgan fingerprint density at radius 3 is 2.25 bits per heavy atom. The third-order valence-electron chi connectivity index (χ3n) is 0.439. The van der Waals surface area contributed by atoms with E-state index in [1.807, 2.05) is 0 Å². The van der Waals surface area contributed by atoms with E-state index in [0.29, 0.717) is 12.8 Å². The van der Waals surface area contributed by atoms with Crippen LogP contribution in [-0.4, -0.2) is 6.15 Å². The van der Waals surface area contributed by atoms with Crippen LogP contribution in [0, 0.1) is 0 Å². The Kier molecular flexibility index (Phi) is 0.156. The number of rotatable bonds is 0. The second kappa shape index (κ2) is 0.449. The van der Waals surface area contributed by atoms with Gasteiger partial charge in [0.2, 0.25) is 0 Å². The van der Waals surface area contributed by atoms with Gasteiger partial charge in [0, 0.05) is 0 Å². The first-order valence-electron chi connectivity index (χ1n) is 1.90. The third-order valence-corrected chi connectivity index (χ3v) is 0.439. The molecule has 24 valence electrons. The number of halogens is 1. The molecule has 0 aromatic heterocycles. The molecule has 0 heterocycles. The largest absolute Gasteiger partial charge is 0.247 e. The maximum absolute atomic E-state index is 11.5. The molecule has 0 aliphatic heterocycles. The van der Waals surface area contributed by atoms with Crippen LogP contribution in [0.4, 0.5) is 4.39 Å². The topological polar surface area (TPSA) is 0 Å². The highest BCUT2D eigenvalue weighted by atomic mass is 19.1. The fourth-order valence-electron chi connectivity index (χ4n) is 0.0472. The molecule has 4 heavy (non-hydrogen) atoms. The summed E-state index contributed by atoms with van der Waals surface area (Å²) in [7, 11) is 0. The van der Waals surface area contributed by atoms with Gasteiger partial charge in [-0.3, -0.25) is 0 Å². The number of hydrogen-bond donors (Lipinski definition) is 0. The highest BCUT2D eigenvalue weighted by molar-refractivity contribution is 4.69. The number of hydrogen-bond acceptors (Lipinski definition) is 0. The molecule has 0 spiro atoms. The Morgan fingerprint density at radius 2 is 2.25 bits per heavy atom. The van der Waals surface area contributed by atoms with Crippen LogP contribution in [0.1, 0.15) is 14.2 Å². The average molecular weight is 61.1 g/mol. The third kappa shape index (κ3) is 0.194. The van der Waals surface area contributed by atoms with E-state index in [0.717, 1.165) is 0 Å². The van der Waals surface area contributed by atoms with Crippen molar-refractivity contribution in [2.45, 2.75) is 19.0 Å². The van der Waals surface area contributed by atoms with Gasteiger partial charge < -0.3 is 0 Å². The normalized spacial score (nSPS) is 37.8. The Morgan fingerprint density at radius 1 is 2.00 bits per heavy atom. The first-order valence-corrected chi connectivity index (χ1v) is 1.40. The van der Waals surface area contributed by atoms with Crippen molar-refractivity contribution in [1.82, 2.24) is 0 Å². The van der Waals surface area contributed by atoms with Crippen molar-refractivity contribution in [2.24, 2.45) is 0 Å². The van der Waals surface area contributed by atoms with Crippen molar-refractivity contribution < 1.29 is 5.76 Å². The van der Waals surface area contributed by atoms with Gasteiger partial charge in [-0.1, -0.05) is 0 Å². The van der Waals surface area contributed by atoms with Crippen molar-refractivity contribution in [3.63, 3.8) is 0 Å². The molecule has 0 N–H and O–H groups in total. The molecule has 0 aromatic rings. The van der Waals surface area contributed by atoms with Crippen molar-refractivity contribution >= 4 is 0 Å². The Bertz CT molecular complexity index is 44.9. The van der Waals surface area contributed by atoms with E-state index in [1.165, 1.54) is 0 Å². The lowest BCUT2D eigenvalue weighted by atomic mass is 10.9. The zero-order valence-electron chi connectivity index (χ0n) is 3.29. The molecule has 0 aromatic carbocycles. The molecular weight excluding hydrogens is 55.0 g/mol. The highest BCUT2D eigenvalue weighted by Gasteiger charge is 2.18. The van der Waals surface area contributed by atoms with Crippen LogP contribution in [0.15, 0.2) is 0 Å². The summed E-state index contributed by atoms with van der Waals surface area (Å²) in [5.41, 5.74) is 0. The monoisotopic (exact) mass is 61.0 g/mol. The first kappa shape index (κ1) is 1.39. The maximum atomic E-state index is 11.5. The summed E-state index contributed by atoms with van der Waals surface area (Å²) in [5, 5.41) is 0. The predicted molar refractivity (Wildman–Crippen MR) is 14.1 cm³/mol. The van der Waals surface area contributed by atoms with Crippen LogP contribution < -0.4 is 0 Å². The summed E-state index contributed by atoms with van der Waals surface area (Å²) in [4.78, 5) is 0. The van der Waals surface area contributed by atoms with Gasteiger partial charge in [-0.25, -0.2) is 4.39 Å². The first-order chi connectivity index (χ1) is 2.21. The van der Waals surface area contributed by atoms with Crippen LogP contribution in [-0.2, 0) is 0 Å². The lowest BCUT2D eigenvalue weighted by Gasteiger charge is -1.50. The molecule has 1 rings (SSSR count). The fraction of sp³-hybridized carbons (Fsp3) is 1.00. The molecular formula is C3H5F. The number of alkyl halides is 1. The quantitative estimate of drug-likeness (QED) is 0.393. The van der Waals surface area contributed by atoms with Crippen LogP contribution in [0.3, 0.4) is 0 Å². The standard InChI is InChI=1S/C3H5F/c4-3-1-2-3/h3H,1-2H2/i3D. The van der Waals surface area contributed by atoms with E-state index >= 15 is 0 Å². The lowest BCUT2D eigenvalue weighted by molar-refractivity contribution is 0.480. The van der Waals surface area contributed by atoms with Gasteiger partial charge in [0.15, 0.2) is 0 Å². The van der Waals surface area contributed by atoms with Crippen LogP contribution in [0.5, 0.6) is 0 Å². The summed E-state index contributed by atoms with van der Waals surface area (Å²) >= 11 is 0. The van der Waals surface area contributed by atoms with E-state index in [-0.39, 0.29) is 0 Å². The van der Waals surface area contributed by atoms with Gasteiger partial charge in [-0.05, 0) is 12.8 Å². The van der Waals surface area contributed by atoms with E-state index in [9.17, 15) is 4.39 Å². The second-order valence-corrected chi connectivity index (χ2v) is 1.02. The van der Waals surface area contributed by atoms with Gasteiger partial charge >= 0.3 is 0 Å². The van der Waals surface area contributed by atoms with E-state index < -0.39 is 6.15 Å². The summed E-state index contributed by atoms with van der Waals surface area (Å²) < 4.78 is 17.8. The second-order valence-electron chi connectivity index (χ2n) is 1.02. The molecule has 0 amide bonds. The molecule has 1 aliphatic rings. The summed E-state index contributed by atoms with van der Waals surface area (Å²) in [6.07, 6.45) is -0.597. The minimum atomic E-state index is -1.50. The van der Waals surface area contributed by atoms with E-state index in [2.05, 4.69) is 0 Å². The molecule has 1 aliphatic carbocycles. The van der Waals surface area contributed by atoms with Gasteiger partial charge in [0.25, 0.3) is 0 Å². The Labute approximate surface area is 26.0 Å². The summed E-state index contributed by atoms with van der Waals surface area (Å²) in [6, 6.07) is 0. The molecule has 0 bridgehead atoms. The molecule has 1 saturated carbocycles. The fourth-order valence-corrected chi connectivity index (χ4v) is 0.0472. The SMILES string of the molecule is [2H]C1(F)CC1. The van der Waals surface area contributed by atoms with Gasteiger partial charge in [-0.2, -0.15) is 0 Å². The molecule has 0 atom stereocenters. The molecule has 0 radical (unpaired) electrons. The minimum Gasteiger partial charge on any atom is -0.247 e. The summed E-state index contributed by atoms with van der Waals surface area (Å²) in [5.74, 6) is 0. The van der Waals surface area contributed by atoms with Crippen LogP contribution >= 0.6 is 0 Å². The van der Waals surface area contributed by atoms with Crippen molar-refractivity contribution in [1.29, 1.82) is 0 Å². The molecule has 0 nitrogen and oxygen atoms in total. The molecule has 0 saturated heterocycles. The molecule has 1 heteroatoms. The Balaban J connectivity index is 2.38. The molecule has 1 fully saturated rings. The van der Waals surface area contributed by atoms with Gasteiger partial charge in [-0.15, -0.1) is 0 Å². The minimum absolute atomic E-state index is 0.451. The van der Waals surface area contributed by atoms with Gasteiger partial charge in [0.1, 0.15) is 6.15 Å². The Hall–Kier alpha value is -0.0700. The van der Waals surface area contributed by atoms with Crippen molar-refractivity contribution in [3.05, 3.63) is 0 Å². The zero-order chi connectivity index (χ0) is 3.91. The smallest absolute Gasteiger partial charge is 0.100 e. The predicted octanol–water partition coefficient (Wildman–Crippen LogP) is 1.12. The van der Waals surface area contributed by atoms with Crippen molar-refractivity contribution in [2.75, 3.05) is 0 Å².